The number of anilines is 1. The predicted molar refractivity (Wildman–Crippen MR) is 116 cm³/mol. The lowest BCUT2D eigenvalue weighted by Crippen LogP contribution is -2.36. The smallest absolute Gasteiger partial charge is 0.359 e. The Balaban J connectivity index is 1.96. The number of ether oxygens (including phenoxy) is 2. The van der Waals surface area contributed by atoms with Gasteiger partial charge in [0.1, 0.15) is 12.2 Å². The van der Waals surface area contributed by atoms with Crippen molar-refractivity contribution in [2.45, 2.75) is 39.5 Å². The molecule has 0 spiro atoms. The molecule has 8 heteroatoms. The summed E-state index contributed by atoms with van der Waals surface area (Å²) in [7, 11) is 0. The van der Waals surface area contributed by atoms with Gasteiger partial charge in [0.05, 0.1) is 18.9 Å². The van der Waals surface area contributed by atoms with E-state index in [4.69, 9.17) is 9.47 Å². The number of hydrogen-bond donors (Lipinski definition) is 0. The first-order valence-electron chi connectivity index (χ1n) is 10.8. The topological polar surface area (TPSA) is 85.8 Å². The van der Waals surface area contributed by atoms with Crippen molar-refractivity contribution in [3.63, 3.8) is 0 Å². The van der Waals surface area contributed by atoms with Gasteiger partial charge in [-0.1, -0.05) is 12.1 Å². The van der Waals surface area contributed by atoms with Crippen LogP contribution >= 0.6 is 0 Å². The van der Waals surface area contributed by atoms with Gasteiger partial charge in [0.2, 0.25) is 5.91 Å². The first-order chi connectivity index (χ1) is 15.4. The molecular weight excluding hydrogens is 415 g/mol. The monoisotopic (exact) mass is 442 g/mol. The fourth-order valence-electron chi connectivity index (χ4n) is 3.32. The minimum Gasteiger partial charge on any atom is -0.466 e. The summed E-state index contributed by atoms with van der Waals surface area (Å²) in [5.74, 6) is -1.74. The highest BCUT2D eigenvalue weighted by Gasteiger charge is 2.32. The van der Waals surface area contributed by atoms with Crippen LogP contribution in [-0.2, 0) is 25.5 Å². The average Bonchev–Trinajstić information content (AvgIpc) is 3.58. The number of esters is 2. The second-order valence-electron chi connectivity index (χ2n) is 7.66. The zero-order valence-electron chi connectivity index (χ0n) is 18.3. The zero-order chi connectivity index (χ0) is 23.1. The molecule has 0 unspecified atom stereocenters. The van der Waals surface area contributed by atoms with Crippen molar-refractivity contribution in [3.8, 4) is 0 Å². The molecule has 3 rings (SSSR count). The van der Waals surface area contributed by atoms with Crippen molar-refractivity contribution in [1.29, 1.82) is 0 Å². The molecule has 1 aromatic carbocycles. The number of hydrogen-bond acceptors (Lipinski definition) is 6. The molecule has 32 heavy (non-hydrogen) atoms. The molecule has 0 saturated heterocycles. The summed E-state index contributed by atoms with van der Waals surface area (Å²) >= 11 is 0. The van der Waals surface area contributed by atoms with Crippen LogP contribution < -0.4 is 4.90 Å². The maximum absolute atomic E-state index is 13.2. The summed E-state index contributed by atoms with van der Waals surface area (Å²) in [4.78, 5) is 43.3. The number of aromatic nitrogens is 1. The second kappa shape index (κ2) is 10.8. The van der Waals surface area contributed by atoms with E-state index in [0.29, 0.717) is 24.6 Å². The van der Waals surface area contributed by atoms with E-state index >= 15 is 0 Å². The van der Waals surface area contributed by atoms with Crippen LogP contribution in [0.15, 0.2) is 36.5 Å². The number of halogens is 1. The van der Waals surface area contributed by atoms with Crippen molar-refractivity contribution in [3.05, 3.63) is 59.2 Å². The van der Waals surface area contributed by atoms with E-state index in [1.807, 2.05) is 0 Å². The third-order valence-electron chi connectivity index (χ3n) is 5.04. The summed E-state index contributed by atoms with van der Waals surface area (Å²) in [6.45, 7) is 4.08. The Bertz CT molecular complexity index is 973. The molecule has 1 aliphatic rings. The standard InChI is InChI=1S/C24H27FN2O5/c1-3-31-22(29)13-21(28)27(15-17-5-6-17)20-12-18(11-16-7-9-19(25)10-8-16)14-26-23(20)24(30)32-4-2/h7-10,12,14,17H,3-6,11,13,15H2,1-2H3. The third-order valence-corrected chi connectivity index (χ3v) is 5.04. The number of pyridine rings is 1. The average molecular weight is 442 g/mol. The maximum Gasteiger partial charge on any atom is 0.359 e. The minimum absolute atomic E-state index is 0.0209. The summed E-state index contributed by atoms with van der Waals surface area (Å²) in [5, 5.41) is 0. The van der Waals surface area contributed by atoms with Crippen LogP contribution in [0, 0.1) is 11.7 Å². The van der Waals surface area contributed by atoms with Gasteiger partial charge in [-0.3, -0.25) is 9.59 Å². The summed E-state index contributed by atoms with van der Waals surface area (Å²) in [5.41, 5.74) is 1.93. The molecule has 1 amide bonds. The van der Waals surface area contributed by atoms with Gasteiger partial charge in [-0.05, 0) is 68.4 Å². The lowest BCUT2D eigenvalue weighted by atomic mass is 10.0. The molecule has 0 atom stereocenters. The van der Waals surface area contributed by atoms with E-state index in [2.05, 4.69) is 4.98 Å². The lowest BCUT2D eigenvalue weighted by Gasteiger charge is -2.25. The van der Waals surface area contributed by atoms with Crippen LogP contribution in [0.25, 0.3) is 0 Å². The van der Waals surface area contributed by atoms with Crippen molar-refractivity contribution >= 4 is 23.5 Å². The Hall–Kier alpha value is -3.29. The van der Waals surface area contributed by atoms with Gasteiger partial charge >= 0.3 is 11.9 Å². The molecule has 1 heterocycles. The SMILES string of the molecule is CCOC(=O)CC(=O)N(CC1CC1)c1cc(Cc2ccc(F)cc2)cnc1C(=O)OCC. The summed E-state index contributed by atoms with van der Waals surface area (Å²) < 4.78 is 23.3. The van der Waals surface area contributed by atoms with E-state index in [1.165, 1.54) is 17.0 Å². The van der Waals surface area contributed by atoms with Crippen molar-refractivity contribution in [2.24, 2.45) is 5.92 Å². The lowest BCUT2D eigenvalue weighted by molar-refractivity contribution is -0.145. The Morgan fingerprint density at radius 1 is 1.06 bits per heavy atom. The fourth-order valence-corrected chi connectivity index (χ4v) is 3.32. The summed E-state index contributed by atoms with van der Waals surface area (Å²) in [6, 6.07) is 7.80. The Kier molecular flexibility index (Phi) is 7.92. The minimum atomic E-state index is -0.638. The van der Waals surface area contributed by atoms with E-state index in [1.54, 1.807) is 38.2 Å². The Labute approximate surface area is 186 Å². The number of carbonyl (C=O) groups is 3. The predicted octanol–water partition coefficient (Wildman–Crippen LogP) is 3.68. The number of rotatable bonds is 10. The van der Waals surface area contributed by atoms with E-state index < -0.39 is 24.3 Å². The number of benzene rings is 1. The van der Waals surface area contributed by atoms with Crippen molar-refractivity contribution < 1.29 is 28.2 Å². The molecule has 2 aromatic rings. The molecule has 0 N–H and O–H groups in total. The Morgan fingerprint density at radius 2 is 1.75 bits per heavy atom. The van der Waals surface area contributed by atoms with Crippen LogP contribution in [0.4, 0.5) is 10.1 Å². The second-order valence-corrected chi connectivity index (χ2v) is 7.66. The third kappa shape index (κ3) is 6.35. The highest BCUT2D eigenvalue weighted by Crippen LogP contribution is 2.33. The van der Waals surface area contributed by atoms with Crippen LogP contribution in [0.5, 0.6) is 0 Å². The highest BCUT2D eigenvalue weighted by atomic mass is 19.1. The van der Waals surface area contributed by atoms with Crippen LogP contribution in [0.1, 0.15) is 54.7 Å². The molecule has 7 nitrogen and oxygen atoms in total. The first kappa shape index (κ1) is 23.4. The van der Waals surface area contributed by atoms with Gasteiger partial charge < -0.3 is 14.4 Å². The summed E-state index contributed by atoms with van der Waals surface area (Å²) in [6.07, 6.45) is 3.50. The first-order valence-corrected chi connectivity index (χ1v) is 10.8. The van der Waals surface area contributed by atoms with Gasteiger partial charge in [-0.2, -0.15) is 0 Å². The molecule has 0 aliphatic heterocycles. The molecule has 1 aliphatic carbocycles. The Morgan fingerprint density at radius 3 is 2.38 bits per heavy atom. The van der Waals surface area contributed by atoms with Gasteiger partial charge in [0, 0.05) is 12.7 Å². The van der Waals surface area contributed by atoms with E-state index in [9.17, 15) is 18.8 Å². The fraction of sp³-hybridized carbons (Fsp3) is 0.417. The molecule has 170 valence electrons. The van der Waals surface area contributed by atoms with Crippen molar-refractivity contribution in [2.75, 3.05) is 24.7 Å². The number of amides is 1. The van der Waals surface area contributed by atoms with Crippen LogP contribution in [0.3, 0.4) is 0 Å². The molecule has 0 radical (unpaired) electrons. The van der Waals surface area contributed by atoms with Crippen LogP contribution in [-0.4, -0.2) is 42.6 Å². The van der Waals surface area contributed by atoms with Gasteiger partial charge in [-0.25, -0.2) is 14.2 Å². The molecule has 1 fully saturated rings. The van der Waals surface area contributed by atoms with Crippen LogP contribution in [0.2, 0.25) is 0 Å². The largest absolute Gasteiger partial charge is 0.466 e. The van der Waals surface area contributed by atoms with E-state index in [0.717, 1.165) is 24.0 Å². The molecule has 1 aromatic heterocycles. The highest BCUT2D eigenvalue weighted by molar-refractivity contribution is 6.06. The number of nitrogens with zero attached hydrogens (tertiary/aromatic N) is 2. The van der Waals surface area contributed by atoms with Crippen molar-refractivity contribution in [1.82, 2.24) is 4.98 Å². The quantitative estimate of drug-likeness (QED) is 0.412. The molecule has 1 saturated carbocycles. The molecule has 0 bridgehead atoms. The van der Waals surface area contributed by atoms with Gasteiger partial charge in [0.25, 0.3) is 0 Å². The molecular formula is C24H27FN2O5. The van der Waals surface area contributed by atoms with Gasteiger partial charge in [-0.15, -0.1) is 0 Å². The number of carbonyl (C=O) groups excluding carboxylic acids is 3. The maximum atomic E-state index is 13.2. The normalized spacial score (nSPS) is 12.8. The van der Waals surface area contributed by atoms with E-state index in [-0.39, 0.29) is 24.7 Å². The van der Waals surface area contributed by atoms with Gasteiger partial charge in [0.15, 0.2) is 5.69 Å². The zero-order valence-corrected chi connectivity index (χ0v) is 18.3.